The van der Waals surface area contributed by atoms with Gasteiger partial charge in [0, 0.05) is 11.5 Å². The van der Waals surface area contributed by atoms with Crippen molar-refractivity contribution in [2.45, 2.75) is 51.3 Å². The van der Waals surface area contributed by atoms with E-state index >= 15 is 0 Å². The Balaban J connectivity index is 1.53. The van der Waals surface area contributed by atoms with Gasteiger partial charge in [-0.3, -0.25) is 0 Å². The summed E-state index contributed by atoms with van der Waals surface area (Å²) in [6, 6.07) is 14.7. The molecule has 4 heteroatoms. The first-order chi connectivity index (χ1) is 12.9. The number of halogens is 3. The molecule has 0 amide bonds. The molecule has 0 bridgehead atoms. The zero-order valence-corrected chi connectivity index (χ0v) is 15.4. The second kappa shape index (κ2) is 8.52. The molecule has 0 saturated heterocycles. The van der Waals surface area contributed by atoms with E-state index in [0.717, 1.165) is 32.1 Å². The molecule has 0 atom stereocenters. The van der Waals surface area contributed by atoms with Gasteiger partial charge in [0.2, 0.25) is 0 Å². The van der Waals surface area contributed by atoms with E-state index in [9.17, 15) is 13.2 Å². The van der Waals surface area contributed by atoms with Gasteiger partial charge in [-0.25, -0.2) is 0 Å². The summed E-state index contributed by atoms with van der Waals surface area (Å²) in [7, 11) is 0. The van der Waals surface area contributed by atoms with Crippen LogP contribution in [0.2, 0.25) is 0 Å². The molecule has 1 aliphatic rings. The Morgan fingerprint density at radius 2 is 1.56 bits per heavy atom. The maximum absolute atomic E-state index is 12.2. The van der Waals surface area contributed by atoms with Crippen molar-refractivity contribution < 1.29 is 17.9 Å². The summed E-state index contributed by atoms with van der Waals surface area (Å²) >= 11 is 0. The van der Waals surface area contributed by atoms with Gasteiger partial charge in [-0.2, -0.15) is 0 Å². The maximum Gasteiger partial charge on any atom is 0.573 e. The Morgan fingerprint density at radius 3 is 2.11 bits per heavy atom. The van der Waals surface area contributed by atoms with Crippen LogP contribution >= 0.6 is 0 Å². The average Bonchev–Trinajstić information content (AvgIpc) is 2.67. The summed E-state index contributed by atoms with van der Waals surface area (Å²) in [5.41, 5.74) is 3.49. The van der Waals surface area contributed by atoms with Crippen molar-refractivity contribution in [2.24, 2.45) is 5.92 Å². The fourth-order valence-corrected chi connectivity index (χ4v) is 3.52. The molecular weight excluding hydrogens is 349 g/mol. The number of benzene rings is 2. The second-order valence-electron chi connectivity index (χ2n) is 6.99. The predicted octanol–water partition coefficient (Wildman–Crippen LogP) is 6.47. The van der Waals surface area contributed by atoms with Crippen molar-refractivity contribution in [1.82, 2.24) is 0 Å². The third-order valence-corrected chi connectivity index (χ3v) is 5.10. The molecule has 1 aliphatic carbocycles. The van der Waals surface area contributed by atoms with E-state index < -0.39 is 6.36 Å². The first-order valence-corrected chi connectivity index (χ1v) is 9.39. The van der Waals surface area contributed by atoms with Gasteiger partial charge in [-0.15, -0.1) is 13.2 Å². The molecule has 0 aliphatic heterocycles. The first kappa shape index (κ1) is 19.4. The minimum Gasteiger partial charge on any atom is -0.406 e. The molecule has 0 N–H and O–H groups in total. The molecule has 2 aromatic rings. The van der Waals surface area contributed by atoms with Crippen LogP contribution in [0.25, 0.3) is 0 Å². The van der Waals surface area contributed by atoms with Crippen molar-refractivity contribution in [1.29, 1.82) is 0 Å². The van der Waals surface area contributed by atoms with Crippen LogP contribution in [0, 0.1) is 17.8 Å². The van der Waals surface area contributed by atoms with Crippen LogP contribution in [0.3, 0.4) is 0 Å². The lowest BCUT2D eigenvalue weighted by molar-refractivity contribution is -0.274. The quantitative estimate of drug-likeness (QED) is 0.561. The van der Waals surface area contributed by atoms with E-state index in [4.69, 9.17) is 0 Å². The van der Waals surface area contributed by atoms with Gasteiger partial charge >= 0.3 is 6.36 Å². The Labute approximate surface area is 158 Å². The Kier molecular flexibility index (Phi) is 6.11. The molecule has 0 unspecified atom stereocenters. The van der Waals surface area contributed by atoms with Gasteiger partial charge < -0.3 is 4.74 Å². The van der Waals surface area contributed by atoms with E-state index in [1.165, 1.54) is 23.3 Å². The number of hydrogen-bond acceptors (Lipinski definition) is 1. The van der Waals surface area contributed by atoms with Crippen molar-refractivity contribution >= 4 is 0 Å². The average molecular weight is 372 g/mol. The van der Waals surface area contributed by atoms with Crippen LogP contribution in [-0.4, -0.2) is 6.36 Å². The van der Waals surface area contributed by atoms with Crippen LogP contribution in [0.15, 0.2) is 48.5 Å². The molecule has 1 saturated carbocycles. The fraction of sp³-hybridized carbons (Fsp3) is 0.391. The van der Waals surface area contributed by atoms with Crippen molar-refractivity contribution in [3.05, 3.63) is 65.2 Å². The summed E-state index contributed by atoms with van der Waals surface area (Å²) < 4.78 is 40.4. The smallest absolute Gasteiger partial charge is 0.406 e. The van der Waals surface area contributed by atoms with Crippen LogP contribution in [0.4, 0.5) is 13.2 Å². The normalized spacial score (nSPS) is 19.9. The molecule has 2 aromatic carbocycles. The number of ether oxygens (including phenoxy) is 1. The second-order valence-corrected chi connectivity index (χ2v) is 6.99. The standard InChI is InChI=1S/C23H23F3O/c1-2-17-5-11-20(12-6-17)21-13-7-18(8-14-21)3-4-19-9-15-22(16-10-19)27-23(24,25)26/h5-6,9-12,15-16,18,21H,2,7-8,13-14H2,1H3/t18-,21-. The number of rotatable bonds is 3. The lowest BCUT2D eigenvalue weighted by Crippen LogP contribution is -2.16. The lowest BCUT2D eigenvalue weighted by Gasteiger charge is -2.26. The van der Waals surface area contributed by atoms with E-state index in [0.29, 0.717) is 17.4 Å². The molecule has 0 aromatic heterocycles. The van der Waals surface area contributed by atoms with Crippen molar-refractivity contribution in [3.63, 3.8) is 0 Å². The molecule has 1 fully saturated rings. The molecule has 0 radical (unpaired) electrons. The Morgan fingerprint density at radius 1 is 0.926 bits per heavy atom. The highest BCUT2D eigenvalue weighted by molar-refractivity contribution is 5.38. The third-order valence-electron chi connectivity index (χ3n) is 5.10. The largest absolute Gasteiger partial charge is 0.573 e. The number of alkyl halides is 3. The Bertz CT molecular complexity index is 787. The minimum absolute atomic E-state index is 0.220. The predicted molar refractivity (Wildman–Crippen MR) is 101 cm³/mol. The molecule has 0 spiro atoms. The molecular formula is C23H23F3O. The van der Waals surface area contributed by atoms with Crippen LogP contribution < -0.4 is 4.74 Å². The summed E-state index contributed by atoms with van der Waals surface area (Å²) in [5.74, 6) is 7.10. The number of hydrogen-bond donors (Lipinski definition) is 0. The molecule has 0 heterocycles. The first-order valence-electron chi connectivity index (χ1n) is 9.39. The van der Waals surface area contributed by atoms with Gasteiger partial charge in [-0.05, 0) is 73.4 Å². The highest BCUT2D eigenvalue weighted by Gasteiger charge is 2.30. The van der Waals surface area contributed by atoms with E-state index in [1.54, 1.807) is 12.1 Å². The van der Waals surface area contributed by atoms with Crippen molar-refractivity contribution in [2.75, 3.05) is 0 Å². The van der Waals surface area contributed by atoms with E-state index in [1.807, 2.05) is 0 Å². The summed E-state index contributed by atoms with van der Waals surface area (Å²) in [4.78, 5) is 0. The minimum atomic E-state index is -4.66. The van der Waals surface area contributed by atoms with Gasteiger partial charge in [-0.1, -0.05) is 43.0 Å². The molecule has 1 nitrogen and oxygen atoms in total. The monoisotopic (exact) mass is 372 g/mol. The lowest BCUT2D eigenvalue weighted by atomic mass is 9.79. The highest BCUT2D eigenvalue weighted by atomic mass is 19.4. The van der Waals surface area contributed by atoms with Crippen LogP contribution in [0.5, 0.6) is 5.75 Å². The van der Waals surface area contributed by atoms with Crippen LogP contribution in [-0.2, 0) is 6.42 Å². The van der Waals surface area contributed by atoms with Gasteiger partial charge in [0.25, 0.3) is 0 Å². The third kappa shape index (κ3) is 5.79. The van der Waals surface area contributed by atoms with E-state index in [-0.39, 0.29) is 5.75 Å². The fourth-order valence-electron chi connectivity index (χ4n) is 3.52. The summed E-state index contributed by atoms with van der Waals surface area (Å²) in [5, 5.41) is 0. The zero-order chi connectivity index (χ0) is 19.3. The summed E-state index contributed by atoms with van der Waals surface area (Å²) in [6.07, 6.45) is 0.770. The number of aryl methyl sites for hydroxylation is 1. The molecule has 27 heavy (non-hydrogen) atoms. The van der Waals surface area contributed by atoms with E-state index in [2.05, 4.69) is 47.8 Å². The highest BCUT2D eigenvalue weighted by Crippen LogP contribution is 2.35. The van der Waals surface area contributed by atoms with Gasteiger partial charge in [0.15, 0.2) is 0 Å². The molecule has 142 valence electrons. The SMILES string of the molecule is CCc1ccc([C@H]2CC[C@H](C#Cc3ccc(OC(F)(F)F)cc3)CC2)cc1. The van der Waals surface area contributed by atoms with Gasteiger partial charge in [0.1, 0.15) is 5.75 Å². The zero-order valence-electron chi connectivity index (χ0n) is 15.4. The Hall–Kier alpha value is -2.41. The van der Waals surface area contributed by atoms with Crippen LogP contribution in [0.1, 0.15) is 55.2 Å². The van der Waals surface area contributed by atoms with Crippen molar-refractivity contribution in [3.8, 4) is 17.6 Å². The molecule has 3 rings (SSSR count). The maximum atomic E-state index is 12.2. The van der Waals surface area contributed by atoms with Gasteiger partial charge in [0.05, 0.1) is 0 Å². The topological polar surface area (TPSA) is 9.23 Å². The summed E-state index contributed by atoms with van der Waals surface area (Å²) in [6.45, 7) is 2.16.